The van der Waals surface area contributed by atoms with E-state index in [4.69, 9.17) is 4.74 Å². The van der Waals surface area contributed by atoms with E-state index in [9.17, 15) is 14.4 Å². The zero-order chi connectivity index (χ0) is 22.0. The molecular weight excluding hydrogens is 418 g/mol. The third-order valence-electron chi connectivity index (χ3n) is 6.00. The van der Waals surface area contributed by atoms with Gasteiger partial charge in [0.2, 0.25) is 5.91 Å². The van der Waals surface area contributed by atoms with Gasteiger partial charge in [-0.05, 0) is 43.7 Å². The Morgan fingerprint density at radius 1 is 1.32 bits per heavy atom. The van der Waals surface area contributed by atoms with Gasteiger partial charge < -0.3 is 14.6 Å². The predicted molar refractivity (Wildman–Crippen MR) is 116 cm³/mol. The third kappa shape index (κ3) is 4.27. The Morgan fingerprint density at radius 2 is 2.06 bits per heavy atom. The van der Waals surface area contributed by atoms with Crippen LogP contribution in [0.15, 0.2) is 29.4 Å². The van der Waals surface area contributed by atoms with Gasteiger partial charge in [-0.1, -0.05) is 30.8 Å². The fraction of sp³-hybridized carbons (Fsp3) is 0.524. The van der Waals surface area contributed by atoms with Crippen molar-refractivity contribution in [2.24, 2.45) is 5.92 Å². The van der Waals surface area contributed by atoms with Gasteiger partial charge in [-0.3, -0.25) is 15.0 Å². The van der Waals surface area contributed by atoms with E-state index in [-0.39, 0.29) is 11.7 Å². The second-order valence-corrected chi connectivity index (χ2v) is 9.13. The minimum atomic E-state index is -0.877. The summed E-state index contributed by atoms with van der Waals surface area (Å²) in [4.78, 5) is 42.4. The molecular formula is C21H27N5O4S. The maximum Gasteiger partial charge on any atom is 0.344 e. The lowest BCUT2D eigenvalue weighted by molar-refractivity contribution is -0.139. The van der Waals surface area contributed by atoms with Gasteiger partial charge in [-0.2, -0.15) is 5.01 Å². The lowest BCUT2D eigenvalue weighted by Gasteiger charge is -2.33. The Bertz CT molecular complexity index is 999. The van der Waals surface area contributed by atoms with E-state index in [2.05, 4.69) is 22.7 Å². The largest absolute Gasteiger partial charge is 0.383 e. The number of imide groups is 1. The molecule has 10 heteroatoms. The highest BCUT2D eigenvalue weighted by atomic mass is 32.2. The molecule has 2 aliphatic rings. The summed E-state index contributed by atoms with van der Waals surface area (Å²) in [6, 6.07) is 7.18. The van der Waals surface area contributed by atoms with E-state index < -0.39 is 17.5 Å². The number of rotatable bonds is 7. The molecule has 4 amide bonds. The molecule has 1 aromatic carbocycles. The number of fused-ring (bicyclic) bond motifs is 1. The molecule has 1 aliphatic heterocycles. The number of amides is 4. The molecule has 2 fully saturated rings. The number of imidazole rings is 1. The van der Waals surface area contributed by atoms with Gasteiger partial charge in [0, 0.05) is 13.7 Å². The molecule has 2 heterocycles. The summed E-state index contributed by atoms with van der Waals surface area (Å²) in [6.07, 6.45) is 2.95. The minimum Gasteiger partial charge on any atom is -0.383 e. The fourth-order valence-corrected chi connectivity index (χ4v) is 5.00. The molecule has 0 radical (unpaired) electrons. The SMILES string of the molecule is COCCn1c(SCC(=O)NN2C(=O)NC3(CCC(C)CC3)C2=O)nc2ccccc21. The number of carbonyl (C=O) groups is 3. The molecule has 0 unspecified atom stereocenters. The van der Waals surface area contributed by atoms with Crippen LogP contribution in [0.25, 0.3) is 11.0 Å². The molecule has 0 atom stereocenters. The molecule has 2 N–H and O–H groups in total. The lowest BCUT2D eigenvalue weighted by Crippen LogP contribution is -2.51. The number of hydrazine groups is 1. The summed E-state index contributed by atoms with van der Waals surface area (Å²) in [5.74, 6) is -0.236. The minimum absolute atomic E-state index is 0.0252. The van der Waals surface area contributed by atoms with Crippen molar-refractivity contribution in [1.29, 1.82) is 0 Å². The van der Waals surface area contributed by atoms with E-state index in [0.717, 1.165) is 28.9 Å². The van der Waals surface area contributed by atoms with Crippen molar-refractivity contribution in [2.45, 2.75) is 49.8 Å². The highest BCUT2D eigenvalue weighted by molar-refractivity contribution is 7.99. The quantitative estimate of drug-likeness (QED) is 0.501. The number of carbonyl (C=O) groups excluding carboxylic acids is 3. The Morgan fingerprint density at radius 3 is 2.81 bits per heavy atom. The maximum absolute atomic E-state index is 12.9. The fourth-order valence-electron chi connectivity index (χ4n) is 4.16. The van der Waals surface area contributed by atoms with E-state index in [1.807, 2.05) is 28.8 Å². The van der Waals surface area contributed by atoms with E-state index >= 15 is 0 Å². The van der Waals surface area contributed by atoms with Gasteiger partial charge in [-0.15, -0.1) is 0 Å². The zero-order valence-electron chi connectivity index (χ0n) is 17.7. The van der Waals surface area contributed by atoms with E-state index in [0.29, 0.717) is 37.1 Å². The normalized spacial score (nSPS) is 23.5. The van der Waals surface area contributed by atoms with E-state index in [1.165, 1.54) is 11.8 Å². The van der Waals surface area contributed by atoms with Crippen LogP contribution in [-0.2, 0) is 20.9 Å². The second kappa shape index (κ2) is 8.88. The summed E-state index contributed by atoms with van der Waals surface area (Å²) >= 11 is 1.26. The van der Waals surface area contributed by atoms with Gasteiger partial charge in [0.25, 0.3) is 5.91 Å². The number of hydrogen-bond donors (Lipinski definition) is 2. The Balaban J connectivity index is 1.41. The van der Waals surface area contributed by atoms with Crippen LogP contribution >= 0.6 is 11.8 Å². The Labute approximate surface area is 184 Å². The standard InChI is InChI=1S/C21H27N5O4S/c1-14-7-9-21(10-8-14)18(28)26(19(29)23-21)24-17(27)13-31-20-22-15-5-3-4-6-16(15)25(20)11-12-30-2/h3-6,14H,7-13H2,1-2H3,(H,23,29)(H,24,27). The van der Waals surface area contributed by atoms with Crippen LogP contribution in [0.1, 0.15) is 32.6 Å². The van der Waals surface area contributed by atoms with Gasteiger partial charge in [0.1, 0.15) is 5.54 Å². The Kier molecular flexibility index (Phi) is 6.19. The van der Waals surface area contributed by atoms with Crippen molar-refractivity contribution in [3.8, 4) is 0 Å². The molecule has 9 nitrogen and oxygen atoms in total. The summed E-state index contributed by atoms with van der Waals surface area (Å²) < 4.78 is 7.20. The van der Waals surface area contributed by atoms with Crippen molar-refractivity contribution in [2.75, 3.05) is 19.5 Å². The summed E-state index contributed by atoms with van der Waals surface area (Å²) in [5, 5.41) is 4.33. The average molecular weight is 446 g/mol. The third-order valence-corrected chi connectivity index (χ3v) is 6.97. The first-order valence-corrected chi connectivity index (χ1v) is 11.5. The van der Waals surface area contributed by atoms with Gasteiger partial charge in [0.15, 0.2) is 5.16 Å². The molecule has 1 saturated carbocycles. The van der Waals surface area contributed by atoms with Gasteiger partial charge in [-0.25, -0.2) is 9.78 Å². The number of thioether (sulfide) groups is 1. The number of urea groups is 1. The first-order valence-electron chi connectivity index (χ1n) is 10.5. The highest BCUT2D eigenvalue weighted by Crippen LogP contribution is 2.35. The van der Waals surface area contributed by atoms with Crippen molar-refractivity contribution in [3.63, 3.8) is 0 Å². The molecule has 1 aromatic heterocycles. The van der Waals surface area contributed by atoms with Crippen molar-refractivity contribution >= 4 is 40.6 Å². The Hall–Kier alpha value is -2.59. The lowest BCUT2D eigenvalue weighted by atomic mass is 9.77. The van der Waals surface area contributed by atoms with Gasteiger partial charge in [0.05, 0.1) is 23.4 Å². The molecule has 1 saturated heterocycles. The first kappa shape index (κ1) is 21.6. The smallest absolute Gasteiger partial charge is 0.344 e. The summed E-state index contributed by atoms with van der Waals surface area (Å²) in [6.45, 7) is 3.27. The molecule has 31 heavy (non-hydrogen) atoms. The van der Waals surface area contributed by atoms with Crippen molar-refractivity contribution in [1.82, 2.24) is 25.3 Å². The molecule has 1 aliphatic carbocycles. The van der Waals surface area contributed by atoms with Crippen molar-refractivity contribution < 1.29 is 19.1 Å². The second-order valence-electron chi connectivity index (χ2n) is 8.19. The van der Waals surface area contributed by atoms with Gasteiger partial charge >= 0.3 is 6.03 Å². The number of benzene rings is 1. The first-order chi connectivity index (χ1) is 14.9. The number of methoxy groups -OCH3 is 1. The number of aromatic nitrogens is 2. The number of nitrogens with zero attached hydrogens (tertiary/aromatic N) is 3. The van der Waals surface area contributed by atoms with Crippen LogP contribution in [0.4, 0.5) is 4.79 Å². The molecule has 0 bridgehead atoms. The van der Waals surface area contributed by atoms with E-state index in [1.54, 1.807) is 7.11 Å². The average Bonchev–Trinajstić information content (AvgIpc) is 3.23. The monoisotopic (exact) mass is 445 g/mol. The van der Waals surface area contributed by atoms with Crippen LogP contribution in [0.2, 0.25) is 0 Å². The highest BCUT2D eigenvalue weighted by Gasteiger charge is 2.52. The topological polar surface area (TPSA) is 106 Å². The van der Waals surface area contributed by atoms with Crippen LogP contribution in [0.5, 0.6) is 0 Å². The zero-order valence-corrected chi connectivity index (χ0v) is 18.5. The van der Waals surface area contributed by atoms with Crippen LogP contribution in [0.3, 0.4) is 0 Å². The predicted octanol–water partition coefficient (Wildman–Crippen LogP) is 2.31. The number of hydrogen-bond acceptors (Lipinski definition) is 6. The van der Waals surface area contributed by atoms with Crippen LogP contribution < -0.4 is 10.7 Å². The van der Waals surface area contributed by atoms with Crippen LogP contribution in [-0.4, -0.2) is 57.4 Å². The summed E-state index contributed by atoms with van der Waals surface area (Å²) in [7, 11) is 1.64. The molecule has 2 aromatic rings. The number of nitrogens with one attached hydrogen (secondary N) is 2. The van der Waals surface area contributed by atoms with Crippen LogP contribution in [0, 0.1) is 5.92 Å². The molecule has 4 rings (SSSR count). The molecule has 166 valence electrons. The maximum atomic E-state index is 12.9. The number of para-hydroxylation sites is 2. The summed E-state index contributed by atoms with van der Waals surface area (Å²) in [5.41, 5.74) is 3.40. The molecule has 1 spiro atoms. The number of ether oxygens (including phenoxy) is 1. The van der Waals surface area contributed by atoms with Crippen molar-refractivity contribution in [3.05, 3.63) is 24.3 Å².